The molecular weight excluding hydrogens is 783 g/mol. The second kappa shape index (κ2) is 37.0. The smallest absolute Gasteiger partial charge is 0.0119 e. The summed E-state index contributed by atoms with van der Waals surface area (Å²) in [6.45, 7) is 9.22. The first-order valence-electron chi connectivity index (χ1n) is 26.5. The molecule has 0 aliphatic rings. The van der Waals surface area contributed by atoms with Gasteiger partial charge in [-0.15, -0.1) is 9.24 Å². The van der Waals surface area contributed by atoms with Crippen molar-refractivity contribution < 1.29 is 0 Å². The zero-order chi connectivity index (χ0) is 44.1. The molecule has 4 rings (SSSR count). The van der Waals surface area contributed by atoms with Crippen LogP contribution in [0.25, 0.3) is 0 Å². The van der Waals surface area contributed by atoms with Crippen LogP contribution in [-0.4, -0.2) is 0 Å². The van der Waals surface area contributed by atoms with Crippen molar-refractivity contribution in [2.75, 3.05) is 0 Å². The normalized spacial score (nSPS) is 11.3. The third kappa shape index (κ3) is 23.1. The molecule has 4 aromatic carbocycles. The van der Waals surface area contributed by atoms with Gasteiger partial charge in [0.15, 0.2) is 0 Å². The van der Waals surface area contributed by atoms with E-state index in [1.165, 1.54) is 216 Å². The molecule has 1 atom stereocenters. The molecule has 2 heteroatoms. The van der Waals surface area contributed by atoms with E-state index in [-0.39, 0.29) is 0 Å². The predicted octanol–water partition coefficient (Wildman–Crippen LogP) is 17.8. The van der Waals surface area contributed by atoms with Crippen molar-refractivity contribution >= 4 is 38.4 Å². The molecule has 0 radical (unpaired) electrons. The Balaban J connectivity index is 0.000000536. The Bertz CT molecular complexity index is 1490. The van der Waals surface area contributed by atoms with Crippen molar-refractivity contribution in [2.45, 2.75) is 233 Å². The summed E-state index contributed by atoms with van der Waals surface area (Å²) in [5.41, 5.74) is 6.29. The monoisotopic (exact) mass is 877 g/mol. The molecule has 0 aromatic heterocycles. The van der Waals surface area contributed by atoms with E-state index in [9.17, 15) is 0 Å². The first kappa shape index (κ1) is 54.1. The lowest BCUT2D eigenvalue weighted by molar-refractivity contribution is 0.589. The third-order valence-corrected chi connectivity index (χ3v) is 16.3. The minimum atomic E-state index is -0.606. The minimum Gasteiger partial charge on any atom is -0.105 e. The van der Waals surface area contributed by atoms with Gasteiger partial charge in [-0.1, -0.05) is 279 Å². The van der Waals surface area contributed by atoms with Crippen LogP contribution in [0.5, 0.6) is 0 Å². The van der Waals surface area contributed by atoms with Gasteiger partial charge in [0.05, 0.1) is 0 Å². The van der Waals surface area contributed by atoms with Crippen LogP contribution in [0.4, 0.5) is 0 Å². The SMILES string of the molecule is CCCCCCCCCc1ccccc1P.CCCCCCCCCc1ccccc1P(c1ccccc1CCCCCCCCC)c1ccccc1CCCCCCCCC. The summed E-state index contributed by atoms with van der Waals surface area (Å²) >= 11 is 0. The van der Waals surface area contributed by atoms with Crippen LogP contribution >= 0.6 is 17.2 Å². The zero-order valence-corrected chi connectivity index (χ0v) is 42.9. The Morgan fingerprint density at radius 2 is 0.500 bits per heavy atom. The third-order valence-electron chi connectivity index (χ3n) is 13.0. The summed E-state index contributed by atoms with van der Waals surface area (Å²) in [5.74, 6) is 0. The van der Waals surface area contributed by atoms with Gasteiger partial charge >= 0.3 is 0 Å². The van der Waals surface area contributed by atoms with Crippen LogP contribution in [0.1, 0.15) is 230 Å². The Morgan fingerprint density at radius 3 is 0.790 bits per heavy atom. The fourth-order valence-corrected chi connectivity index (χ4v) is 12.3. The van der Waals surface area contributed by atoms with Gasteiger partial charge in [0.1, 0.15) is 0 Å². The van der Waals surface area contributed by atoms with Gasteiger partial charge < -0.3 is 0 Å². The van der Waals surface area contributed by atoms with Crippen LogP contribution in [-0.2, 0) is 25.7 Å². The lowest BCUT2D eigenvalue weighted by atomic mass is 10.0. The quantitative estimate of drug-likeness (QED) is 0.0319. The molecule has 1 unspecified atom stereocenters. The van der Waals surface area contributed by atoms with Crippen LogP contribution in [0, 0.1) is 0 Å². The minimum absolute atomic E-state index is 0.606. The summed E-state index contributed by atoms with van der Waals surface area (Å²) in [5, 5.41) is 6.21. The van der Waals surface area contributed by atoms with Gasteiger partial charge in [-0.05, 0) is 103 Å². The summed E-state index contributed by atoms with van der Waals surface area (Å²) in [6.07, 6.45) is 43.4. The maximum Gasteiger partial charge on any atom is -0.0119 e. The van der Waals surface area contributed by atoms with Gasteiger partial charge in [-0.25, -0.2) is 0 Å². The zero-order valence-electron chi connectivity index (χ0n) is 40.9. The molecule has 0 spiro atoms. The number of aryl methyl sites for hydroxylation is 4. The van der Waals surface area contributed by atoms with Gasteiger partial charge in [0, 0.05) is 0 Å². The summed E-state index contributed by atoms with van der Waals surface area (Å²) < 4.78 is 0. The second-order valence-corrected chi connectivity index (χ2v) is 21.1. The summed E-state index contributed by atoms with van der Waals surface area (Å²) in [6, 6.07) is 37.4. The first-order valence-corrected chi connectivity index (χ1v) is 28.4. The average Bonchev–Trinajstić information content (AvgIpc) is 3.30. The van der Waals surface area contributed by atoms with Crippen LogP contribution in [0.3, 0.4) is 0 Å². The molecule has 0 saturated heterocycles. The molecule has 0 saturated carbocycles. The maximum atomic E-state index is 2.83. The van der Waals surface area contributed by atoms with E-state index in [1.54, 1.807) is 32.6 Å². The van der Waals surface area contributed by atoms with Crippen molar-refractivity contribution in [2.24, 2.45) is 0 Å². The molecule has 0 heterocycles. The molecule has 344 valence electrons. The van der Waals surface area contributed by atoms with Crippen molar-refractivity contribution in [3.8, 4) is 0 Å². The number of hydrogen-bond acceptors (Lipinski definition) is 0. The summed E-state index contributed by atoms with van der Waals surface area (Å²) in [4.78, 5) is 0. The van der Waals surface area contributed by atoms with E-state index in [2.05, 4.69) is 134 Å². The fourth-order valence-electron chi connectivity index (χ4n) is 9.06. The number of benzene rings is 4. The van der Waals surface area contributed by atoms with Crippen molar-refractivity contribution in [3.05, 3.63) is 119 Å². The number of rotatable bonds is 35. The number of hydrogen-bond donors (Lipinski definition) is 0. The van der Waals surface area contributed by atoms with E-state index in [0.29, 0.717) is 0 Å². The molecule has 0 bridgehead atoms. The lowest BCUT2D eigenvalue weighted by Gasteiger charge is -2.27. The van der Waals surface area contributed by atoms with Gasteiger partial charge in [-0.2, -0.15) is 0 Å². The van der Waals surface area contributed by atoms with E-state index in [4.69, 9.17) is 0 Å². The number of unbranched alkanes of at least 4 members (excludes halogenated alkanes) is 24. The largest absolute Gasteiger partial charge is 0.105 e. The highest BCUT2D eigenvalue weighted by Gasteiger charge is 2.24. The standard InChI is InChI=1S/C45H69P.C15H25P/c1-4-7-10-13-16-19-22-31-40-34-25-28-37-43(40)46(44-38-29-26-35-41(44)32-23-20-17-14-11-8-5-2)45-39-30-27-36-42(45)33-24-21-18-15-12-9-6-3;1-2-3-4-5-6-7-8-11-14-12-9-10-13-15(14)16/h25-30,34-39H,4-24,31-33H2,1-3H3;9-10,12-13H,2-8,11,16H2,1H3. The van der Waals surface area contributed by atoms with E-state index >= 15 is 0 Å². The predicted molar refractivity (Wildman–Crippen MR) is 288 cm³/mol. The van der Waals surface area contributed by atoms with Crippen molar-refractivity contribution in [1.82, 2.24) is 0 Å². The molecule has 0 nitrogen and oxygen atoms in total. The maximum absolute atomic E-state index is 2.83. The van der Waals surface area contributed by atoms with Crippen LogP contribution in [0.2, 0.25) is 0 Å². The highest BCUT2D eigenvalue weighted by atomic mass is 31.1. The van der Waals surface area contributed by atoms with Crippen LogP contribution < -0.4 is 21.2 Å². The van der Waals surface area contributed by atoms with E-state index in [1.807, 2.05) is 0 Å². The van der Waals surface area contributed by atoms with Gasteiger partial charge in [0.2, 0.25) is 0 Å². The Morgan fingerprint density at radius 1 is 0.274 bits per heavy atom. The average molecular weight is 877 g/mol. The van der Waals surface area contributed by atoms with E-state index < -0.39 is 7.92 Å². The molecular formula is C60H94P2. The molecule has 0 amide bonds. The molecule has 0 N–H and O–H groups in total. The Labute approximate surface area is 389 Å². The topological polar surface area (TPSA) is 0 Å². The lowest BCUT2D eigenvalue weighted by Crippen LogP contribution is -2.27. The molecule has 62 heavy (non-hydrogen) atoms. The Kier molecular flexibility index (Phi) is 32.3. The van der Waals surface area contributed by atoms with Crippen molar-refractivity contribution in [3.63, 3.8) is 0 Å². The summed E-state index contributed by atoms with van der Waals surface area (Å²) in [7, 11) is 2.23. The van der Waals surface area contributed by atoms with E-state index in [0.717, 1.165) is 0 Å². The first-order chi connectivity index (χ1) is 30.6. The van der Waals surface area contributed by atoms with Gasteiger partial charge in [0.25, 0.3) is 0 Å². The molecule has 4 aromatic rings. The Hall–Kier alpha value is -2.26. The van der Waals surface area contributed by atoms with Gasteiger partial charge in [-0.3, -0.25) is 0 Å². The molecule has 0 fully saturated rings. The fraction of sp³-hybridized carbons (Fsp3) is 0.600. The van der Waals surface area contributed by atoms with Crippen molar-refractivity contribution in [1.29, 1.82) is 0 Å². The molecule has 0 aliphatic carbocycles. The molecule has 0 aliphatic heterocycles. The second-order valence-electron chi connectivity index (χ2n) is 18.4. The highest BCUT2D eigenvalue weighted by molar-refractivity contribution is 7.80. The van der Waals surface area contributed by atoms with Crippen LogP contribution in [0.15, 0.2) is 97.1 Å². The highest BCUT2D eigenvalue weighted by Crippen LogP contribution is 2.38.